The van der Waals surface area contributed by atoms with Crippen LogP contribution in [0.5, 0.6) is 0 Å². The van der Waals surface area contributed by atoms with Gasteiger partial charge in [0, 0.05) is 32.9 Å². The van der Waals surface area contributed by atoms with E-state index in [1.807, 2.05) is 26.9 Å². The van der Waals surface area contributed by atoms with E-state index in [2.05, 4.69) is 4.99 Å². The summed E-state index contributed by atoms with van der Waals surface area (Å²) in [6, 6.07) is 6.79. The molecular weight excluding hydrogens is 204 g/mol. The molecule has 0 aliphatic carbocycles. The molecule has 0 aliphatic rings. The van der Waals surface area contributed by atoms with Gasteiger partial charge >= 0.3 is 6.08 Å². The van der Waals surface area contributed by atoms with Crippen molar-refractivity contribution in [2.24, 2.45) is 4.99 Å². The van der Waals surface area contributed by atoms with Crippen LogP contribution in [-0.2, 0) is 9.59 Å². The summed E-state index contributed by atoms with van der Waals surface area (Å²) in [6.45, 7) is 5.69. The SMILES string of the molecule is CC(C)(C)[N+](=C=O)c1cccc(N=C=O)c1. The van der Waals surface area contributed by atoms with Gasteiger partial charge in [-0.15, -0.1) is 4.58 Å². The van der Waals surface area contributed by atoms with E-state index in [4.69, 9.17) is 0 Å². The minimum Gasteiger partial charge on any atom is -0.211 e. The van der Waals surface area contributed by atoms with Crippen molar-refractivity contribution in [2.45, 2.75) is 26.3 Å². The van der Waals surface area contributed by atoms with Crippen LogP contribution < -0.4 is 0 Å². The molecule has 0 atom stereocenters. The average molecular weight is 217 g/mol. The highest BCUT2D eigenvalue weighted by Crippen LogP contribution is 2.24. The normalized spacial score (nSPS) is 10.2. The van der Waals surface area contributed by atoms with Gasteiger partial charge in [-0.05, 0) is 6.07 Å². The molecular formula is C12H13N2O2+. The number of nitrogens with zero attached hydrogens (tertiary/aromatic N) is 2. The van der Waals surface area contributed by atoms with Crippen LogP contribution >= 0.6 is 0 Å². The first-order valence-corrected chi connectivity index (χ1v) is 4.85. The molecule has 0 radical (unpaired) electrons. The fourth-order valence-corrected chi connectivity index (χ4v) is 1.33. The van der Waals surface area contributed by atoms with Gasteiger partial charge in [-0.3, -0.25) is 0 Å². The zero-order chi connectivity index (χ0) is 12.2. The molecule has 0 saturated heterocycles. The van der Waals surface area contributed by atoms with Crippen LogP contribution in [0, 0.1) is 0 Å². The summed E-state index contributed by atoms with van der Waals surface area (Å²) in [6.07, 6.45) is 3.34. The standard InChI is InChI=1S/C12H13N2O2/c1-12(2,3)14(9-16)11-6-4-5-10(7-11)13-8-15/h4-7H,1-3H3/q+1. The molecule has 0 heterocycles. The van der Waals surface area contributed by atoms with E-state index in [1.165, 1.54) is 10.7 Å². The lowest BCUT2D eigenvalue weighted by molar-refractivity contribution is -0.517. The first-order chi connectivity index (χ1) is 7.49. The van der Waals surface area contributed by atoms with Crippen LogP contribution in [0.3, 0.4) is 0 Å². The fourth-order valence-electron chi connectivity index (χ4n) is 1.33. The molecule has 0 aromatic heterocycles. The molecule has 82 valence electrons. The number of aliphatic imine (C=N–C) groups is 1. The first kappa shape index (κ1) is 12.1. The lowest BCUT2D eigenvalue weighted by Gasteiger charge is -2.12. The topological polar surface area (TPSA) is 49.5 Å². The average Bonchev–Trinajstić information content (AvgIpc) is 2.17. The van der Waals surface area contributed by atoms with Gasteiger partial charge in [0.2, 0.25) is 11.8 Å². The highest BCUT2D eigenvalue weighted by Gasteiger charge is 2.27. The molecule has 4 heteroatoms. The van der Waals surface area contributed by atoms with Gasteiger partial charge < -0.3 is 0 Å². The van der Waals surface area contributed by atoms with Gasteiger partial charge in [-0.25, -0.2) is 4.79 Å². The molecule has 0 spiro atoms. The highest BCUT2D eigenvalue weighted by atomic mass is 16.1. The van der Waals surface area contributed by atoms with Crippen molar-refractivity contribution in [3.05, 3.63) is 24.3 Å². The second-order valence-electron chi connectivity index (χ2n) is 4.32. The predicted octanol–water partition coefficient (Wildman–Crippen LogP) is 2.43. The van der Waals surface area contributed by atoms with Crippen LogP contribution in [0.15, 0.2) is 29.3 Å². The number of benzene rings is 1. The third kappa shape index (κ3) is 2.74. The van der Waals surface area contributed by atoms with Gasteiger partial charge in [0.05, 0.1) is 5.69 Å². The summed E-state index contributed by atoms with van der Waals surface area (Å²) in [5.41, 5.74) is 0.752. The molecule has 0 aliphatic heterocycles. The Balaban J connectivity index is 3.28. The van der Waals surface area contributed by atoms with Crippen molar-refractivity contribution in [1.29, 1.82) is 0 Å². The summed E-state index contributed by atoms with van der Waals surface area (Å²) < 4.78 is 1.46. The maximum absolute atomic E-state index is 10.9. The monoisotopic (exact) mass is 217 g/mol. The van der Waals surface area contributed by atoms with Gasteiger partial charge in [0.25, 0.3) is 0 Å². The first-order valence-electron chi connectivity index (χ1n) is 4.85. The summed E-state index contributed by atoms with van der Waals surface area (Å²) in [4.78, 5) is 24.6. The second kappa shape index (κ2) is 4.67. The lowest BCUT2D eigenvalue weighted by atomic mass is 10.1. The molecule has 1 aromatic rings. The van der Waals surface area contributed by atoms with Crippen molar-refractivity contribution < 1.29 is 14.2 Å². The van der Waals surface area contributed by atoms with Crippen LogP contribution in [0.1, 0.15) is 20.8 Å². The summed E-state index contributed by atoms with van der Waals surface area (Å²) in [5.74, 6) is 0. The largest absolute Gasteiger partial charge is 0.431 e. The summed E-state index contributed by atoms with van der Waals surface area (Å²) in [7, 11) is 0. The van der Waals surface area contributed by atoms with E-state index in [0.717, 1.165) is 0 Å². The fraction of sp³-hybridized carbons (Fsp3) is 0.333. The van der Waals surface area contributed by atoms with Gasteiger partial charge in [0.1, 0.15) is 0 Å². The van der Waals surface area contributed by atoms with Crippen LogP contribution in [-0.4, -0.2) is 22.3 Å². The molecule has 0 saturated carbocycles. The molecule has 0 amide bonds. The zero-order valence-corrected chi connectivity index (χ0v) is 9.52. The Morgan fingerprint density at radius 2 is 1.94 bits per heavy atom. The van der Waals surface area contributed by atoms with Crippen LogP contribution in [0.2, 0.25) is 0 Å². The smallest absolute Gasteiger partial charge is 0.211 e. The minimum atomic E-state index is -0.370. The Kier molecular flexibility index (Phi) is 3.51. The molecule has 0 unspecified atom stereocenters. The number of hydrogen-bond acceptors (Lipinski definition) is 3. The van der Waals surface area contributed by atoms with Crippen molar-refractivity contribution in [2.75, 3.05) is 0 Å². The maximum Gasteiger partial charge on any atom is 0.431 e. The van der Waals surface area contributed by atoms with Crippen molar-refractivity contribution >= 4 is 23.5 Å². The summed E-state index contributed by atoms with van der Waals surface area (Å²) >= 11 is 0. The van der Waals surface area contributed by atoms with E-state index in [0.29, 0.717) is 11.4 Å². The summed E-state index contributed by atoms with van der Waals surface area (Å²) in [5, 5.41) is 0. The van der Waals surface area contributed by atoms with Crippen molar-refractivity contribution in [1.82, 2.24) is 0 Å². The molecule has 4 nitrogen and oxygen atoms in total. The number of carbonyl (C=O) groups excluding carboxylic acids is 2. The Morgan fingerprint density at radius 3 is 2.44 bits per heavy atom. The molecule has 1 aromatic carbocycles. The number of isocyanates is 2. The van der Waals surface area contributed by atoms with E-state index in [9.17, 15) is 9.59 Å². The zero-order valence-electron chi connectivity index (χ0n) is 9.52. The number of rotatable bonds is 2. The van der Waals surface area contributed by atoms with E-state index in [-0.39, 0.29) is 5.54 Å². The Labute approximate surface area is 93.9 Å². The predicted molar refractivity (Wildman–Crippen MR) is 59.6 cm³/mol. The molecule has 0 N–H and O–H groups in total. The molecule has 16 heavy (non-hydrogen) atoms. The quantitative estimate of drug-likeness (QED) is 0.434. The Morgan fingerprint density at radius 1 is 1.25 bits per heavy atom. The lowest BCUT2D eigenvalue weighted by Crippen LogP contribution is -2.28. The van der Waals surface area contributed by atoms with Crippen molar-refractivity contribution in [3.63, 3.8) is 0 Å². The van der Waals surface area contributed by atoms with Crippen LogP contribution in [0.4, 0.5) is 11.4 Å². The van der Waals surface area contributed by atoms with Gasteiger partial charge in [0.15, 0.2) is 5.54 Å². The van der Waals surface area contributed by atoms with E-state index in [1.54, 1.807) is 24.3 Å². The van der Waals surface area contributed by atoms with Gasteiger partial charge in [-0.1, -0.05) is 6.07 Å². The van der Waals surface area contributed by atoms with Crippen LogP contribution in [0.25, 0.3) is 0 Å². The van der Waals surface area contributed by atoms with E-state index >= 15 is 0 Å². The molecule has 1 rings (SSSR count). The minimum absolute atomic E-state index is 0.370. The third-order valence-corrected chi connectivity index (χ3v) is 2.02. The highest BCUT2D eigenvalue weighted by molar-refractivity contribution is 5.54. The van der Waals surface area contributed by atoms with E-state index < -0.39 is 0 Å². The second-order valence-corrected chi connectivity index (χ2v) is 4.32. The number of hydrogen-bond donors (Lipinski definition) is 0. The molecule has 0 fully saturated rings. The van der Waals surface area contributed by atoms with Crippen molar-refractivity contribution in [3.8, 4) is 0 Å². The third-order valence-electron chi connectivity index (χ3n) is 2.02. The Hall–Kier alpha value is -2.02. The van der Waals surface area contributed by atoms with Gasteiger partial charge in [-0.2, -0.15) is 9.79 Å². The Bertz CT molecular complexity index is 488. The maximum atomic E-state index is 10.9. The molecule has 0 bridgehead atoms.